The topological polar surface area (TPSA) is 91.1 Å². The van der Waals surface area contributed by atoms with Gasteiger partial charge in [0.15, 0.2) is 0 Å². The van der Waals surface area contributed by atoms with Crippen LogP contribution in [-0.2, 0) is 16.0 Å². The Labute approximate surface area is 140 Å². The summed E-state index contributed by atoms with van der Waals surface area (Å²) in [6, 6.07) is 1.51. The van der Waals surface area contributed by atoms with Crippen LogP contribution in [0.4, 0.5) is 0 Å². The van der Waals surface area contributed by atoms with E-state index >= 15 is 0 Å². The molecule has 2 fully saturated rings. The quantitative estimate of drug-likeness (QED) is 0.898. The predicted molar refractivity (Wildman–Crippen MR) is 84.5 cm³/mol. The summed E-state index contributed by atoms with van der Waals surface area (Å²) in [5, 5.41) is 8.93. The molecule has 1 saturated carbocycles. The van der Waals surface area contributed by atoms with E-state index in [1.54, 1.807) is 4.90 Å². The average Bonchev–Trinajstić information content (AvgIpc) is 3.24. The number of carboxylic acids is 1. The maximum absolute atomic E-state index is 12.9. The third kappa shape index (κ3) is 3.16. The molecule has 2 heterocycles. The van der Waals surface area contributed by atoms with E-state index in [0.717, 1.165) is 12.8 Å². The van der Waals surface area contributed by atoms with Crippen LogP contribution in [0.5, 0.6) is 0 Å². The van der Waals surface area contributed by atoms with Gasteiger partial charge in [0.25, 0.3) is 5.91 Å². The summed E-state index contributed by atoms with van der Waals surface area (Å²) >= 11 is 0. The van der Waals surface area contributed by atoms with Gasteiger partial charge in [0.2, 0.25) is 5.91 Å². The minimum absolute atomic E-state index is 0.166. The van der Waals surface area contributed by atoms with Gasteiger partial charge in [-0.25, -0.2) is 0 Å². The van der Waals surface area contributed by atoms with Crippen LogP contribution in [0.3, 0.4) is 0 Å². The van der Waals surface area contributed by atoms with Crippen molar-refractivity contribution in [3.8, 4) is 0 Å². The molecule has 1 saturated heterocycles. The van der Waals surface area contributed by atoms with Crippen molar-refractivity contribution >= 4 is 17.8 Å². The van der Waals surface area contributed by atoms with Crippen LogP contribution in [-0.4, -0.2) is 57.9 Å². The highest BCUT2D eigenvalue weighted by Gasteiger charge is 2.42. The lowest BCUT2D eigenvalue weighted by Gasteiger charge is -2.47. The van der Waals surface area contributed by atoms with Crippen molar-refractivity contribution in [2.24, 2.45) is 5.92 Å². The molecule has 7 nitrogen and oxygen atoms in total. The van der Waals surface area contributed by atoms with Gasteiger partial charge in [-0.3, -0.25) is 14.4 Å². The van der Waals surface area contributed by atoms with Crippen LogP contribution in [0.25, 0.3) is 0 Å². The summed E-state index contributed by atoms with van der Waals surface area (Å²) in [7, 11) is 0. The van der Waals surface area contributed by atoms with E-state index in [-0.39, 0.29) is 35.5 Å². The third-order valence-corrected chi connectivity index (χ3v) is 4.67. The number of carbonyl (C=O) groups excluding carboxylic acids is 2. The molecule has 7 heteroatoms. The summed E-state index contributed by atoms with van der Waals surface area (Å²) in [4.78, 5) is 39.6. The van der Waals surface area contributed by atoms with Crippen molar-refractivity contribution in [2.45, 2.75) is 38.6 Å². The minimum atomic E-state index is -1.04. The molecule has 1 aromatic heterocycles. The maximum atomic E-state index is 12.9. The molecule has 3 rings (SSSR count). The molecule has 0 spiro atoms. The second kappa shape index (κ2) is 5.96. The Kier molecular flexibility index (Phi) is 4.11. The highest BCUT2D eigenvalue weighted by Crippen LogP contribution is 2.33. The normalized spacial score (nSPS) is 20.1. The zero-order valence-electron chi connectivity index (χ0n) is 13.9. The van der Waals surface area contributed by atoms with Gasteiger partial charge >= 0.3 is 5.97 Å². The molecule has 1 N–H and O–H groups in total. The number of hydrogen-bond acceptors (Lipinski definition) is 4. The highest BCUT2D eigenvalue weighted by molar-refractivity contribution is 5.96. The molecule has 130 valence electrons. The molecule has 2 aliphatic rings. The van der Waals surface area contributed by atoms with Gasteiger partial charge in [-0.2, -0.15) is 0 Å². The fraction of sp³-hybridized carbons (Fsp3) is 0.588. The van der Waals surface area contributed by atoms with Gasteiger partial charge in [0, 0.05) is 25.6 Å². The number of amides is 2. The van der Waals surface area contributed by atoms with E-state index in [0.29, 0.717) is 19.6 Å². The molecule has 0 atom stereocenters. The van der Waals surface area contributed by atoms with E-state index in [4.69, 9.17) is 9.52 Å². The predicted octanol–water partition coefficient (Wildman–Crippen LogP) is 1.38. The molecular formula is C17H22N2O5. The van der Waals surface area contributed by atoms with Crippen molar-refractivity contribution < 1.29 is 23.9 Å². The number of nitrogens with zero attached hydrogens (tertiary/aromatic N) is 2. The van der Waals surface area contributed by atoms with Gasteiger partial charge in [-0.05, 0) is 32.8 Å². The molecule has 1 aliphatic heterocycles. The van der Waals surface area contributed by atoms with Crippen LogP contribution >= 0.6 is 0 Å². The number of hydrogen-bond donors (Lipinski definition) is 1. The first kappa shape index (κ1) is 16.5. The van der Waals surface area contributed by atoms with E-state index in [1.165, 1.54) is 12.3 Å². The first-order chi connectivity index (χ1) is 11.3. The van der Waals surface area contributed by atoms with E-state index in [1.807, 2.05) is 18.7 Å². The molecule has 1 aromatic rings. The van der Waals surface area contributed by atoms with Gasteiger partial charge in [0.05, 0.1) is 17.4 Å². The zero-order valence-corrected chi connectivity index (χ0v) is 13.9. The Morgan fingerprint density at radius 3 is 2.58 bits per heavy atom. The van der Waals surface area contributed by atoms with Crippen molar-refractivity contribution in [3.05, 3.63) is 23.7 Å². The van der Waals surface area contributed by atoms with E-state index in [2.05, 4.69) is 0 Å². The molecule has 1 aliphatic carbocycles. The number of piperazine rings is 1. The number of furan rings is 1. The van der Waals surface area contributed by atoms with Gasteiger partial charge in [-0.1, -0.05) is 0 Å². The van der Waals surface area contributed by atoms with Crippen LogP contribution in [0.1, 0.15) is 42.8 Å². The Morgan fingerprint density at radius 2 is 2.00 bits per heavy atom. The summed E-state index contributed by atoms with van der Waals surface area (Å²) in [6.45, 7) is 5.28. The standard InChI is InChI=1S/C17H22N2O5/c1-17(2)10-18(15(22)11-3-4-11)6-7-19(17)16(23)12-5-8-24-13(12)9-14(20)21/h5,8,11H,3-4,6-7,9-10H2,1-2H3,(H,20,21). The summed E-state index contributed by atoms with van der Waals surface area (Å²) < 4.78 is 5.16. The van der Waals surface area contributed by atoms with Crippen LogP contribution in [0.15, 0.2) is 16.7 Å². The maximum Gasteiger partial charge on any atom is 0.311 e. The molecule has 2 amide bonds. The fourth-order valence-corrected chi connectivity index (χ4v) is 3.26. The van der Waals surface area contributed by atoms with Crippen LogP contribution < -0.4 is 0 Å². The van der Waals surface area contributed by atoms with Gasteiger partial charge in [0.1, 0.15) is 12.2 Å². The Morgan fingerprint density at radius 1 is 1.29 bits per heavy atom. The van der Waals surface area contributed by atoms with Crippen molar-refractivity contribution in [1.29, 1.82) is 0 Å². The fourth-order valence-electron chi connectivity index (χ4n) is 3.26. The monoisotopic (exact) mass is 334 g/mol. The second-order valence-electron chi connectivity index (χ2n) is 7.13. The second-order valence-corrected chi connectivity index (χ2v) is 7.13. The molecule has 0 unspecified atom stereocenters. The summed E-state index contributed by atoms with van der Waals surface area (Å²) in [5.41, 5.74) is -0.232. The largest absolute Gasteiger partial charge is 0.481 e. The number of rotatable bonds is 4. The number of carboxylic acid groups (broad SMARTS) is 1. The number of carbonyl (C=O) groups is 3. The molecule has 0 aromatic carbocycles. The smallest absolute Gasteiger partial charge is 0.311 e. The lowest BCUT2D eigenvalue weighted by atomic mass is 9.96. The Hall–Kier alpha value is -2.31. The first-order valence-electron chi connectivity index (χ1n) is 8.18. The van der Waals surface area contributed by atoms with Crippen molar-refractivity contribution in [3.63, 3.8) is 0 Å². The number of aliphatic carboxylic acids is 1. The Balaban J connectivity index is 1.75. The van der Waals surface area contributed by atoms with Gasteiger partial charge < -0.3 is 19.3 Å². The molecule has 24 heavy (non-hydrogen) atoms. The molecule has 0 radical (unpaired) electrons. The lowest BCUT2D eigenvalue weighted by Crippen LogP contribution is -2.62. The lowest BCUT2D eigenvalue weighted by molar-refractivity contribution is -0.137. The summed E-state index contributed by atoms with van der Waals surface area (Å²) in [5.74, 6) is -0.773. The molecular weight excluding hydrogens is 312 g/mol. The zero-order chi connectivity index (χ0) is 17.5. The van der Waals surface area contributed by atoms with Gasteiger partial charge in [-0.15, -0.1) is 0 Å². The van der Waals surface area contributed by atoms with Crippen LogP contribution in [0, 0.1) is 5.92 Å². The van der Waals surface area contributed by atoms with Crippen molar-refractivity contribution in [1.82, 2.24) is 9.80 Å². The minimum Gasteiger partial charge on any atom is -0.481 e. The van der Waals surface area contributed by atoms with E-state index in [9.17, 15) is 14.4 Å². The Bertz CT molecular complexity index is 674. The van der Waals surface area contributed by atoms with Crippen LogP contribution in [0.2, 0.25) is 0 Å². The first-order valence-corrected chi connectivity index (χ1v) is 8.18. The molecule has 0 bridgehead atoms. The average molecular weight is 334 g/mol. The third-order valence-electron chi connectivity index (χ3n) is 4.67. The van der Waals surface area contributed by atoms with Crippen molar-refractivity contribution in [2.75, 3.05) is 19.6 Å². The SMILES string of the molecule is CC1(C)CN(C(=O)C2CC2)CCN1C(=O)c1ccoc1CC(=O)O. The summed E-state index contributed by atoms with van der Waals surface area (Å²) in [6.07, 6.45) is 2.94. The van der Waals surface area contributed by atoms with E-state index < -0.39 is 11.5 Å². The highest BCUT2D eigenvalue weighted by atomic mass is 16.4.